The monoisotopic (exact) mass is 889 g/mol. The molecule has 0 spiro atoms. The number of allylic oxidation sites excluding steroid dienone is 16. The van der Waals surface area contributed by atoms with Gasteiger partial charge in [0.25, 0.3) is 0 Å². The van der Waals surface area contributed by atoms with Gasteiger partial charge in [-0.2, -0.15) is 0 Å². The summed E-state index contributed by atoms with van der Waals surface area (Å²) >= 11 is 0. The Morgan fingerprint density at radius 3 is 1.19 bits per heavy atom. The molecule has 0 aromatic heterocycles. The number of hydrogen-bond acceptors (Lipinski definition) is 6. The topological polar surface area (TPSA) is 78.9 Å². The summed E-state index contributed by atoms with van der Waals surface area (Å²) in [6, 6.07) is 0. The maximum absolute atomic E-state index is 12.8. The van der Waals surface area contributed by atoms with E-state index in [0.717, 1.165) is 64.2 Å². The van der Waals surface area contributed by atoms with E-state index in [-0.39, 0.29) is 37.5 Å². The lowest BCUT2D eigenvalue weighted by Crippen LogP contribution is -2.30. The van der Waals surface area contributed by atoms with Crippen molar-refractivity contribution in [3.05, 3.63) is 97.2 Å². The minimum atomic E-state index is -0.817. The van der Waals surface area contributed by atoms with Crippen LogP contribution in [0, 0.1) is 0 Å². The lowest BCUT2D eigenvalue weighted by molar-refractivity contribution is -0.166. The predicted octanol–water partition coefficient (Wildman–Crippen LogP) is 17.4. The first-order chi connectivity index (χ1) is 31.5. The summed E-state index contributed by atoms with van der Waals surface area (Å²) in [4.78, 5) is 38.0. The molecule has 0 fully saturated rings. The molecule has 0 saturated carbocycles. The van der Waals surface area contributed by atoms with E-state index in [4.69, 9.17) is 14.2 Å². The molecule has 1 unspecified atom stereocenters. The van der Waals surface area contributed by atoms with Gasteiger partial charge in [0.2, 0.25) is 0 Å². The van der Waals surface area contributed by atoms with E-state index in [1.54, 1.807) is 0 Å². The number of ether oxygens (including phenoxy) is 3. The number of unbranched alkanes of at least 4 members (excludes halogenated alkanes) is 24. The third-order valence-electron chi connectivity index (χ3n) is 11.0. The Morgan fingerprint density at radius 2 is 0.703 bits per heavy atom. The molecule has 364 valence electrons. The SMILES string of the molecule is CC\C=C/C=C\C=C/C=C\C=C\C=C/CCCCCC(=O)OCC(COC(=O)CC/C=C\C/C=C\CCCCCCCC)OC(=O)CCCCCCCCCCCCCCCCCC. The van der Waals surface area contributed by atoms with Crippen LogP contribution < -0.4 is 0 Å². The second kappa shape index (κ2) is 52.0. The average Bonchev–Trinajstić information content (AvgIpc) is 3.29. The fourth-order valence-electron chi connectivity index (χ4n) is 7.06. The molecule has 0 aromatic carbocycles. The van der Waals surface area contributed by atoms with Crippen LogP contribution >= 0.6 is 0 Å². The summed E-state index contributed by atoms with van der Waals surface area (Å²) < 4.78 is 16.7. The third-order valence-corrected chi connectivity index (χ3v) is 11.0. The molecule has 0 bridgehead atoms. The highest BCUT2D eigenvalue weighted by molar-refractivity contribution is 5.71. The van der Waals surface area contributed by atoms with Crippen molar-refractivity contribution >= 4 is 17.9 Å². The van der Waals surface area contributed by atoms with Gasteiger partial charge in [-0.3, -0.25) is 14.4 Å². The first-order valence-electron chi connectivity index (χ1n) is 26.3. The quantitative estimate of drug-likeness (QED) is 0.0199. The van der Waals surface area contributed by atoms with Crippen molar-refractivity contribution < 1.29 is 28.6 Å². The molecule has 64 heavy (non-hydrogen) atoms. The number of rotatable bonds is 46. The minimum absolute atomic E-state index is 0.117. The predicted molar refractivity (Wildman–Crippen MR) is 274 cm³/mol. The van der Waals surface area contributed by atoms with Gasteiger partial charge in [0.15, 0.2) is 6.10 Å². The molecule has 0 aromatic rings. The Kier molecular flexibility index (Phi) is 49.0. The Bertz CT molecular complexity index is 1300. The smallest absolute Gasteiger partial charge is 0.306 e. The highest BCUT2D eigenvalue weighted by Gasteiger charge is 2.19. The zero-order valence-corrected chi connectivity index (χ0v) is 41.5. The molecule has 0 aliphatic carbocycles. The van der Waals surface area contributed by atoms with Crippen LogP contribution in [-0.2, 0) is 28.6 Å². The standard InChI is InChI=1S/C58H96O6/c1-4-7-10-13-16-19-22-25-27-29-31-33-36-39-42-45-48-51-57(60)63-54-55(53-62-56(59)50-47-44-41-38-35-32-24-21-18-15-12-9-6-3)64-58(61)52-49-46-43-40-37-34-30-28-26-23-20-17-14-11-8-5-2/h7,10,13,16,19,22,25,27,29,31-33,35-36,41,44,55H,4-6,8-9,11-12,14-15,17-18,20-21,23-24,26,28,30,34,37-40,42-43,45-54H2,1-3H3/b10-7-,16-13-,22-19-,27-25-,31-29+,35-32-,36-33-,44-41-. The minimum Gasteiger partial charge on any atom is -0.462 e. The molecule has 0 aliphatic rings. The van der Waals surface area contributed by atoms with Crippen LogP contribution in [0.3, 0.4) is 0 Å². The van der Waals surface area contributed by atoms with E-state index in [0.29, 0.717) is 19.3 Å². The largest absolute Gasteiger partial charge is 0.462 e. The third kappa shape index (κ3) is 49.3. The van der Waals surface area contributed by atoms with Crippen LogP contribution in [0.25, 0.3) is 0 Å². The van der Waals surface area contributed by atoms with Crippen molar-refractivity contribution in [3.8, 4) is 0 Å². The molecule has 0 heterocycles. The maximum atomic E-state index is 12.8. The molecule has 0 radical (unpaired) electrons. The maximum Gasteiger partial charge on any atom is 0.306 e. The molecular weight excluding hydrogens is 793 g/mol. The van der Waals surface area contributed by atoms with E-state index < -0.39 is 6.10 Å². The van der Waals surface area contributed by atoms with Gasteiger partial charge in [-0.05, 0) is 57.8 Å². The van der Waals surface area contributed by atoms with E-state index in [9.17, 15) is 14.4 Å². The van der Waals surface area contributed by atoms with Gasteiger partial charge < -0.3 is 14.2 Å². The molecule has 6 nitrogen and oxygen atoms in total. The first-order valence-corrected chi connectivity index (χ1v) is 26.3. The summed E-state index contributed by atoms with van der Waals surface area (Å²) in [5, 5.41) is 0. The number of carbonyl (C=O) groups is 3. The van der Waals surface area contributed by atoms with Gasteiger partial charge in [-0.1, -0.05) is 253 Å². The van der Waals surface area contributed by atoms with Crippen LogP contribution in [0.2, 0.25) is 0 Å². The van der Waals surface area contributed by atoms with Crippen molar-refractivity contribution in [3.63, 3.8) is 0 Å². The van der Waals surface area contributed by atoms with Crippen molar-refractivity contribution in [2.45, 2.75) is 239 Å². The summed E-state index contributed by atoms with van der Waals surface area (Å²) in [5.74, 6) is -1.02. The fourth-order valence-corrected chi connectivity index (χ4v) is 7.06. The lowest BCUT2D eigenvalue weighted by atomic mass is 10.0. The summed E-state index contributed by atoms with van der Waals surface area (Å²) in [7, 11) is 0. The summed E-state index contributed by atoms with van der Waals surface area (Å²) in [6.07, 6.45) is 68.3. The Hall–Kier alpha value is -3.67. The molecule has 0 N–H and O–H groups in total. The fraction of sp³-hybridized carbons (Fsp3) is 0.672. The van der Waals surface area contributed by atoms with Crippen molar-refractivity contribution in [2.24, 2.45) is 0 Å². The molecule has 0 saturated heterocycles. The zero-order chi connectivity index (χ0) is 46.5. The number of hydrogen-bond donors (Lipinski definition) is 0. The normalized spacial score (nSPS) is 12.9. The highest BCUT2D eigenvalue weighted by atomic mass is 16.6. The zero-order valence-electron chi connectivity index (χ0n) is 41.5. The highest BCUT2D eigenvalue weighted by Crippen LogP contribution is 2.15. The van der Waals surface area contributed by atoms with Crippen molar-refractivity contribution in [1.82, 2.24) is 0 Å². The number of carbonyl (C=O) groups excluding carboxylic acids is 3. The van der Waals surface area contributed by atoms with Crippen LogP contribution in [0.4, 0.5) is 0 Å². The van der Waals surface area contributed by atoms with Gasteiger partial charge in [-0.15, -0.1) is 0 Å². The second-order valence-electron chi connectivity index (χ2n) is 17.2. The van der Waals surface area contributed by atoms with Crippen LogP contribution in [0.5, 0.6) is 0 Å². The van der Waals surface area contributed by atoms with Crippen LogP contribution in [0.15, 0.2) is 97.2 Å². The van der Waals surface area contributed by atoms with Crippen molar-refractivity contribution in [2.75, 3.05) is 13.2 Å². The summed E-state index contributed by atoms with van der Waals surface area (Å²) in [5.41, 5.74) is 0. The van der Waals surface area contributed by atoms with Gasteiger partial charge >= 0.3 is 17.9 Å². The van der Waals surface area contributed by atoms with Gasteiger partial charge in [0.05, 0.1) is 0 Å². The molecular formula is C58H96O6. The Balaban J connectivity index is 4.53. The lowest BCUT2D eigenvalue weighted by Gasteiger charge is -2.18. The molecule has 6 heteroatoms. The van der Waals surface area contributed by atoms with Gasteiger partial charge in [0, 0.05) is 19.3 Å². The molecule has 0 amide bonds. The molecule has 0 aliphatic heterocycles. The average molecular weight is 889 g/mol. The molecule has 1 atom stereocenters. The first kappa shape index (κ1) is 60.3. The Morgan fingerprint density at radius 1 is 0.344 bits per heavy atom. The number of esters is 3. The molecule has 0 rings (SSSR count). The van der Waals surface area contributed by atoms with E-state index in [1.807, 2.05) is 66.8 Å². The van der Waals surface area contributed by atoms with Gasteiger partial charge in [-0.25, -0.2) is 0 Å². The van der Waals surface area contributed by atoms with Crippen molar-refractivity contribution in [1.29, 1.82) is 0 Å². The van der Waals surface area contributed by atoms with Gasteiger partial charge in [0.1, 0.15) is 13.2 Å². The summed E-state index contributed by atoms with van der Waals surface area (Å²) in [6.45, 7) is 6.40. The Labute approximate surface area is 394 Å². The second-order valence-corrected chi connectivity index (χ2v) is 17.2. The van der Waals surface area contributed by atoms with Crippen LogP contribution in [-0.4, -0.2) is 37.2 Å². The van der Waals surface area contributed by atoms with Crippen LogP contribution in [0.1, 0.15) is 233 Å². The van der Waals surface area contributed by atoms with E-state index >= 15 is 0 Å². The van der Waals surface area contributed by atoms with E-state index in [2.05, 4.69) is 51.2 Å². The van der Waals surface area contributed by atoms with E-state index in [1.165, 1.54) is 122 Å².